The largest absolute Gasteiger partial charge is 0.454 e. The second-order valence-electron chi connectivity index (χ2n) is 6.87. The van der Waals surface area contributed by atoms with Crippen molar-refractivity contribution in [1.82, 2.24) is 4.98 Å². The molecule has 1 aliphatic rings. The summed E-state index contributed by atoms with van der Waals surface area (Å²) in [6, 6.07) is 17.9. The summed E-state index contributed by atoms with van der Waals surface area (Å²) in [6.45, 7) is 8.42. The number of fused-ring (bicyclic) bond motifs is 1. The fraction of sp³-hybridized carbons (Fsp3) is 0.231. The Balaban J connectivity index is 0.000000308. The number of Topliss-reactive ketones (excluding diaryl/α,β-unsaturated/α-hetero) is 1. The van der Waals surface area contributed by atoms with Crippen LogP contribution in [0.15, 0.2) is 67.0 Å². The lowest BCUT2D eigenvalue weighted by atomic mass is 10.0. The van der Waals surface area contributed by atoms with Crippen molar-refractivity contribution in [3.05, 3.63) is 89.2 Å². The minimum absolute atomic E-state index is 0.280. The molecule has 0 aliphatic carbocycles. The van der Waals surface area contributed by atoms with Crippen LogP contribution in [0.3, 0.4) is 0 Å². The fourth-order valence-corrected chi connectivity index (χ4v) is 2.93. The van der Waals surface area contributed by atoms with Gasteiger partial charge in [0.15, 0.2) is 11.5 Å². The molecule has 0 amide bonds. The second kappa shape index (κ2) is 15.1. The van der Waals surface area contributed by atoms with Crippen molar-refractivity contribution >= 4 is 19.4 Å². The van der Waals surface area contributed by atoms with E-state index >= 15 is 0 Å². The molecule has 4 rings (SSSR count). The molecule has 0 spiro atoms. The number of benzene rings is 2. The maximum Gasteiger partial charge on any atom is 0.231 e. The molecule has 6 heteroatoms. The van der Waals surface area contributed by atoms with E-state index in [-0.39, 0.29) is 5.78 Å². The Morgan fingerprint density at radius 2 is 1.62 bits per heavy atom. The van der Waals surface area contributed by atoms with Gasteiger partial charge in [0.1, 0.15) is 19.4 Å². The molecule has 0 unspecified atom stereocenters. The number of carbonyl (C=O) groups is 3. The highest BCUT2D eigenvalue weighted by atomic mass is 16.7. The van der Waals surface area contributed by atoms with Crippen LogP contribution < -0.4 is 9.47 Å². The third-order valence-electron chi connectivity index (χ3n) is 4.53. The van der Waals surface area contributed by atoms with Crippen LogP contribution in [-0.2, 0) is 27.2 Å². The van der Waals surface area contributed by atoms with Crippen LogP contribution in [0.4, 0.5) is 0 Å². The van der Waals surface area contributed by atoms with Crippen LogP contribution >= 0.6 is 0 Å². The van der Waals surface area contributed by atoms with Crippen molar-refractivity contribution in [3.63, 3.8) is 0 Å². The van der Waals surface area contributed by atoms with E-state index in [2.05, 4.69) is 4.98 Å². The van der Waals surface area contributed by atoms with Gasteiger partial charge in [0.05, 0.1) is 0 Å². The van der Waals surface area contributed by atoms with Crippen molar-refractivity contribution in [1.29, 1.82) is 0 Å². The van der Waals surface area contributed by atoms with E-state index in [1.165, 1.54) is 5.56 Å². The molecule has 168 valence electrons. The van der Waals surface area contributed by atoms with Crippen molar-refractivity contribution in [2.75, 3.05) is 6.79 Å². The van der Waals surface area contributed by atoms with Gasteiger partial charge in [-0.2, -0.15) is 0 Å². The Hall–Kier alpha value is -3.80. The molecule has 0 saturated heterocycles. The average molecular weight is 436 g/mol. The summed E-state index contributed by atoms with van der Waals surface area (Å²) in [4.78, 5) is 31.9. The topological polar surface area (TPSA) is 82.6 Å². The van der Waals surface area contributed by atoms with Crippen molar-refractivity contribution in [2.24, 2.45) is 0 Å². The van der Waals surface area contributed by atoms with Gasteiger partial charge in [-0.05, 0) is 49.1 Å². The van der Waals surface area contributed by atoms with E-state index in [1.54, 1.807) is 6.20 Å². The number of para-hydroxylation sites is 1. The number of aromatic nitrogens is 1. The summed E-state index contributed by atoms with van der Waals surface area (Å²) >= 11 is 0. The zero-order valence-corrected chi connectivity index (χ0v) is 18.6. The van der Waals surface area contributed by atoms with Crippen LogP contribution in [0.25, 0.3) is 0 Å². The zero-order valence-electron chi connectivity index (χ0n) is 18.6. The average Bonchev–Trinajstić information content (AvgIpc) is 3.33. The van der Waals surface area contributed by atoms with Gasteiger partial charge in [-0.25, -0.2) is 0 Å². The smallest absolute Gasteiger partial charge is 0.231 e. The monoisotopic (exact) mass is 435 g/mol. The number of carbonyl (C=O) groups excluding carboxylic acids is 3. The molecule has 0 radical (unpaired) electrons. The molecule has 2 aromatic carbocycles. The van der Waals surface area contributed by atoms with Gasteiger partial charge >= 0.3 is 0 Å². The molecule has 1 aromatic heterocycles. The molecule has 6 nitrogen and oxygen atoms in total. The number of nitrogens with zero attached hydrogens (tertiary/aromatic N) is 1. The standard InChI is InChI=1S/C16H17NO.C8H8O2.2CH2O/c1-13-4-6-14(7-5-13)11-16(18)9-8-15-3-2-10-17-12-15;1-6-3-2-4-7-8(6)10-5-9-7;2*1-2/h2-7,10,12H,8-9,11H2,1H3;2-4H,5H2,1H3;2*1H2. The molecule has 0 saturated carbocycles. The maximum absolute atomic E-state index is 11.9. The lowest BCUT2D eigenvalue weighted by Crippen LogP contribution is -2.04. The molecular weight excluding hydrogens is 406 g/mol. The Kier molecular flexibility index (Phi) is 12.4. The first-order valence-corrected chi connectivity index (χ1v) is 10.0. The number of hydrogen-bond acceptors (Lipinski definition) is 6. The van der Waals surface area contributed by atoms with E-state index in [1.807, 2.05) is 88.2 Å². The second-order valence-corrected chi connectivity index (χ2v) is 6.87. The lowest BCUT2D eigenvalue weighted by molar-refractivity contribution is -0.118. The lowest BCUT2D eigenvalue weighted by Gasteiger charge is -2.02. The molecule has 2 heterocycles. The number of aryl methyl sites for hydroxylation is 3. The van der Waals surface area contributed by atoms with E-state index in [4.69, 9.17) is 19.1 Å². The maximum atomic E-state index is 11.9. The van der Waals surface area contributed by atoms with Gasteiger partial charge in [-0.1, -0.05) is 48.0 Å². The summed E-state index contributed by atoms with van der Waals surface area (Å²) in [6.07, 6.45) is 5.45. The minimum atomic E-state index is 0.280. The van der Waals surface area contributed by atoms with Crippen LogP contribution in [0, 0.1) is 13.8 Å². The molecule has 1 aliphatic heterocycles. The van der Waals surface area contributed by atoms with Crippen LogP contribution in [-0.4, -0.2) is 31.1 Å². The predicted molar refractivity (Wildman–Crippen MR) is 124 cm³/mol. The normalized spacial score (nSPS) is 10.3. The van der Waals surface area contributed by atoms with Crippen molar-refractivity contribution in [3.8, 4) is 11.5 Å². The highest BCUT2D eigenvalue weighted by Gasteiger charge is 2.13. The van der Waals surface area contributed by atoms with E-state index in [0.717, 1.165) is 34.6 Å². The molecule has 32 heavy (non-hydrogen) atoms. The quantitative estimate of drug-likeness (QED) is 0.587. The van der Waals surface area contributed by atoms with Gasteiger partial charge in [0.25, 0.3) is 0 Å². The van der Waals surface area contributed by atoms with Gasteiger partial charge in [0, 0.05) is 25.2 Å². The highest BCUT2D eigenvalue weighted by molar-refractivity contribution is 5.81. The van der Waals surface area contributed by atoms with Crippen molar-refractivity contribution < 1.29 is 23.9 Å². The van der Waals surface area contributed by atoms with Crippen LogP contribution in [0.2, 0.25) is 0 Å². The molecule has 3 aromatic rings. The Morgan fingerprint density at radius 3 is 2.25 bits per heavy atom. The van der Waals surface area contributed by atoms with Crippen LogP contribution in [0.1, 0.15) is 28.7 Å². The van der Waals surface area contributed by atoms with E-state index in [0.29, 0.717) is 19.6 Å². The van der Waals surface area contributed by atoms with Gasteiger partial charge in [0.2, 0.25) is 6.79 Å². The number of pyridine rings is 1. The first-order chi connectivity index (χ1) is 15.6. The summed E-state index contributed by atoms with van der Waals surface area (Å²) in [5.74, 6) is 2.03. The number of hydrogen-bond donors (Lipinski definition) is 0. The SMILES string of the molecule is C=O.C=O.Cc1ccc(CC(=O)CCc2cccnc2)cc1.Cc1cccc2c1OCO2. The number of ether oxygens (including phenoxy) is 2. The van der Waals surface area contributed by atoms with E-state index in [9.17, 15) is 4.79 Å². The summed E-state index contributed by atoms with van der Waals surface area (Å²) in [5, 5.41) is 0. The predicted octanol–water partition coefficient (Wildman–Crippen LogP) is 4.49. The Morgan fingerprint density at radius 1 is 0.906 bits per heavy atom. The third kappa shape index (κ3) is 8.92. The molecule has 0 bridgehead atoms. The first-order valence-electron chi connectivity index (χ1n) is 10.0. The highest BCUT2D eigenvalue weighted by Crippen LogP contribution is 2.34. The Bertz CT molecular complexity index is 940. The summed E-state index contributed by atoms with van der Waals surface area (Å²) in [7, 11) is 0. The zero-order chi connectivity index (χ0) is 23.8. The van der Waals surface area contributed by atoms with Gasteiger partial charge < -0.3 is 19.1 Å². The third-order valence-corrected chi connectivity index (χ3v) is 4.53. The molecule has 0 atom stereocenters. The van der Waals surface area contributed by atoms with Gasteiger partial charge in [-0.15, -0.1) is 0 Å². The molecule has 0 N–H and O–H groups in total. The van der Waals surface area contributed by atoms with E-state index < -0.39 is 0 Å². The number of ketones is 1. The van der Waals surface area contributed by atoms with Gasteiger partial charge in [-0.3, -0.25) is 9.78 Å². The van der Waals surface area contributed by atoms with Crippen molar-refractivity contribution in [2.45, 2.75) is 33.1 Å². The fourth-order valence-electron chi connectivity index (χ4n) is 2.93. The summed E-state index contributed by atoms with van der Waals surface area (Å²) < 4.78 is 10.4. The molecule has 0 fully saturated rings. The Labute approximate surface area is 189 Å². The molecular formula is C26H29NO5. The number of rotatable bonds is 5. The van der Waals surface area contributed by atoms with Crippen LogP contribution in [0.5, 0.6) is 11.5 Å². The first kappa shape index (κ1) is 26.2. The minimum Gasteiger partial charge on any atom is -0.454 e. The summed E-state index contributed by atoms with van der Waals surface area (Å²) in [5.41, 5.74) is 4.57.